The smallest absolute Gasteiger partial charge is 0.228 e. The topological polar surface area (TPSA) is 56.1 Å². The van der Waals surface area contributed by atoms with Gasteiger partial charge in [-0.3, -0.25) is 9.55 Å². The molecule has 2 aliphatic heterocycles. The summed E-state index contributed by atoms with van der Waals surface area (Å²) in [6.07, 6.45) is 9.78. The Kier molecular flexibility index (Phi) is 6.29. The largest absolute Gasteiger partial charge is 0.376 e. The van der Waals surface area contributed by atoms with Gasteiger partial charge in [0.05, 0.1) is 12.6 Å². The van der Waals surface area contributed by atoms with Crippen LogP contribution in [0.1, 0.15) is 38.2 Å². The van der Waals surface area contributed by atoms with Crippen LogP contribution >= 0.6 is 11.8 Å². The Morgan fingerprint density at radius 3 is 2.70 bits per heavy atom. The van der Waals surface area contributed by atoms with E-state index in [1.54, 1.807) is 11.8 Å². The Hall–Kier alpha value is -1.60. The second-order valence-corrected chi connectivity index (χ2v) is 8.71. The van der Waals surface area contributed by atoms with Gasteiger partial charge in [-0.2, -0.15) is 0 Å². The van der Waals surface area contributed by atoms with E-state index in [0.29, 0.717) is 6.10 Å². The summed E-state index contributed by atoms with van der Waals surface area (Å²) >= 11 is 1.80. The predicted octanol–water partition coefficient (Wildman–Crippen LogP) is 3.42. The van der Waals surface area contributed by atoms with Crippen molar-refractivity contribution in [3.63, 3.8) is 0 Å². The molecule has 2 fully saturated rings. The molecule has 2 aromatic heterocycles. The lowest BCUT2D eigenvalue weighted by atomic mass is 10.00. The quantitative estimate of drug-likeness (QED) is 0.679. The summed E-state index contributed by atoms with van der Waals surface area (Å²) in [6.45, 7) is 6.24. The van der Waals surface area contributed by atoms with Crippen molar-refractivity contribution in [1.82, 2.24) is 19.7 Å². The summed E-state index contributed by atoms with van der Waals surface area (Å²) in [5.74, 6) is 2.83. The maximum absolute atomic E-state index is 5.90. The molecule has 1 atom stereocenters. The molecule has 0 saturated carbocycles. The van der Waals surface area contributed by atoms with Gasteiger partial charge in [0, 0.05) is 37.8 Å². The van der Waals surface area contributed by atoms with Crippen LogP contribution in [0, 0.1) is 5.92 Å². The third-order valence-corrected chi connectivity index (χ3v) is 6.51. The van der Waals surface area contributed by atoms with Gasteiger partial charge in [0.15, 0.2) is 5.16 Å². The lowest BCUT2D eigenvalue weighted by Crippen LogP contribution is -2.35. The molecule has 2 aliphatic rings. The van der Waals surface area contributed by atoms with E-state index >= 15 is 0 Å². The summed E-state index contributed by atoms with van der Waals surface area (Å²) in [5.41, 5.74) is 1.31. The zero-order valence-electron chi connectivity index (χ0n) is 16.1. The highest BCUT2D eigenvalue weighted by atomic mass is 32.2. The number of hydrogen-bond donors (Lipinski definition) is 0. The van der Waals surface area contributed by atoms with Gasteiger partial charge in [-0.05, 0) is 55.7 Å². The fourth-order valence-electron chi connectivity index (χ4n) is 3.79. The van der Waals surface area contributed by atoms with Crippen molar-refractivity contribution in [2.24, 2.45) is 5.92 Å². The molecule has 6 nitrogen and oxygen atoms in total. The van der Waals surface area contributed by atoms with Crippen LogP contribution in [-0.4, -0.2) is 51.3 Å². The van der Waals surface area contributed by atoms with Gasteiger partial charge in [-0.1, -0.05) is 18.7 Å². The normalized spacial score (nSPS) is 21.1. The highest BCUT2D eigenvalue weighted by Gasteiger charge is 2.25. The van der Waals surface area contributed by atoms with E-state index < -0.39 is 0 Å². The Morgan fingerprint density at radius 2 is 1.96 bits per heavy atom. The van der Waals surface area contributed by atoms with Crippen molar-refractivity contribution in [1.29, 1.82) is 0 Å². The summed E-state index contributed by atoms with van der Waals surface area (Å²) in [4.78, 5) is 6.50. The maximum atomic E-state index is 5.90. The van der Waals surface area contributed by atoms with Crippen LogP contribution in [-0.2, 0) is 17.7 Å². The molecule has 0 N–H and O–H groups in total. The second-order valence-electron chi connectivity index (χ2n) is 7.65. The molecular weight excluding hydrogens is 358 g/mol. The minimum absolute atomic E-state index is 0.294. The molecule has 2 saturated heterocycles. The van der Waals surface area contributed by atoms with E-state index in [1.807, 2.05) is 12.4 Å². The number of rotatable bonds is 7. The first-order valence-corrected chi connectivity index (χ1v) is 11.1. The molecule has 0 radical (unpaired) electrons. The molecule has 4 rings (SSSR count). The monoisotopic (exact) mass is 387 g/mol. The number of aromatic nitrogens is 4. The van der Waals surface area contributed by atoms with Crippen molar-refractivity contribution >= 4 is 17.7 Å². The molecule has 2 aromatic rings. The van der Waals surface area contributed by atoms with Crippen LogP contribution < -0.4 is 4.90 Å². The first-order chi connectivity index (χ1) is 13.3. The van der Waals surface area contributed by atoms with Crippen molar-refractivity contribution < 1.29 is 4.74 Å². The maximum Gasteiger partial charge on any atom is 0.228 e. The standard InChI is InChI=1S/C20H29N5OS/c1-16-6-11-24(12-7-16)19-22-23-20(25(19)15-18-3-2-13-26-18)27-14-8-17-4-9-21-10-5-17/h4-5,9-10,16,18H,2-3,6-8,11-15H2,1H3. The SMILES string of the molecule is CC1CCN(c2nnc(SCCc3ccncc3)n2CC2CCCO2)CC1. The van der Waals surface area contributed by atoms with E-state index in [1.165, 1.54) is 18.4 Å². The first kappa shape index (κ1) is 18.7. The van der Waals surface area contributed by atoms with Crippen LogP contribution in [0.5, 0.6) is 0 Å². The minimum atomic E-state index is 0.294. The summed E-state index contributed by atoms with van der Waals surface area (Å²) < 4.78 is 8.21. The van der Waals surface area contributed by atoms with Crippen molar-refractivity contribution in [2.75, 3.05) is 30.3 Å². The van der Waals surface area contributed by atoms with Crippen LogP contribution in [0.25, 0.3) is 0 Å². The number of anilines is 1. The van der Waals surface area contributed by atoms with Gasteiger partial charge in [-0.25, -0.2) is 0 Å². The lowest BCUT2D eigenvalue weighted by molar-refractivity contribution is 0.0951. The molecule has 27 heavy (non-hydrogen) atoms. The van der Waals surface area contributed by atoms with E-state index in [9.17, 15) is 0 Å². The molecule has 0 aromatic carbocycles. The third-order valence-electron chi connectivity index (χ3n) is 5.55. The Balaban J connectivity index is 1.46. The average molecular weight is 388 g/mol. The molecular formula is C20H29N5OS. The van der Waals surface area contributed by atoms with Gasteiger partial charge >= 0.3 is 0 Å². The molecule has 0 aliphatic carbocycles. The number of thioether (sulfide) groups is 1. The van der Waals surface area contributed by atoms with E-state index in [2.05, 4.69) is 43.7 Å². The zero-order valence-corrected chi connectivity index (χ0v) is 16.9. The van der Waals surface area contributed by atoms with Crippen LogP contribution in [0.2, 0.25) is 0 Å². The van der Waals surface area contributed by atoms with Crippen LogP contribution in [0.4, 0.5) is 5.95 Å². The lowest BCUT2D eigenvalue weighted by Gasteiger charge is -2.31. The number of aryl methyl sites for hydroxylation is 1. The highest BCUT2D eigenvalue weighted by molar-refractivity contribution is 7.99. The van der Waals surface area contributed by atoms with Gasteiger partial charge in [0.1, 0.15) is 0 Å². The van der Waals surface area contributed by atoms with Crippen LogP contribution in [0.3, 0.4) is 0 Å². The Morgan fingerprint density at radius 1 is 1.15 bits per heavy atom. The Labute approximate surface area is 165 Å². The summed E-state index contributed by atoms with van der Waals surface area (Å²) in [5, 5.41) is 10.2. The number of piperidine rings is 1. The van der Waals surface area contributed by atoms with Crippen molar-refractivity contribution in [3.05, 3.63) is 30.1 Å². The number of pyridine rings is 1. The molecule has 1 unspecified atom stereocenters. The molecule has 7 heteroatoms. The molecule has 146 valence electrons. The predicted molar refractivity (Wildman–Crippen MR) is 108 cm³/mol. The van der Waals surface area contributed by atoms with Gasteiger partial charge in [0.2, 0.25) is 5.95 Å². The van der Waals surface area contributed by atoms with Gasteiger partial charge in [0.25, 0.3) is 0 Å². The summed E-state index contributed by atoms with van der Waals surface area (Å²) in [6, 6.07) is 4.16. The molecule has 4 heterocycles. The second kappa shape index (κ2) is 9.06. The molecule has 0 amide bonds. The number of hydrogen-bond acceptors (Lipinski definition) is 6. The third kappa shape index (κ3) is 4.82. The van der Waals surface area contributed by atoms with Crippen molar-refractivity contribution in [3.8, 4) is 0 Å². The highest BCUT2D eigenvalue weighted by Crippen LogP contribution is 2.28. The molecule has 0 spiro atoms. The first-order valence-electron chi connectivity index (χ1n) is 10.1. The average Bonchev–Trinajstić information content (AvgIpc) is 3.34. The van der Waals surface area contributed by atoms with Crippen LogP contribution in [0.15, 0.2) is 29.7 Å². The zero-order chi connectivity index (χ0) is 18.5. The van der Waals surface area contributed by atoms with E-state index in [4.69, 9.17) is 4.74 Å². The number of nitrogens with zero attached hydrogens (tertiary/aromatic N) is 5. The summed E-state index contributed by atoms with van der Waals surface area (Å²) in [7, 11) is 0. The Bertz CT molecular complexity index is 708. The minimum Gasteiger partial charge on any atom is -0.376 e. The fraction of sp³-hybridized carbons (Fsp3) is 0.650. The van der Waals surface area contributed by atoms with Gasteiger partial charge in [-0.15, -0.1) is 10.2 Å². The fourth-order valence-corrected chi connectivity index (χ4v) is 4.72. The van der Waals surface area contributed by atoms with Crippen molar-refractivity contribution in [2.45, 2.75) is 56.8 Å². The van der Waals surface area contributed by atoms with E-state index in [-0.39, 0.29) is 0 Å². The van der Waals surface area contributed by atoms with E-state index in [0.717, 1.165) is 68.3 Å². The van der Waals surface area contributed by atoms with Gasteiger partial charge < -0.3 is 9.64 Å². The number of ether oxygens (including phenoxy) is 1. The molecule has 0 bridgehead atoms.